The third-order valence-electron chi connectivity index (χ3n) is 3.11. The number of nitrogens with zero attached hydrogens (tertiary/aromatic N) is 4. The highest BCUT2D eigenvalue weighted by atomic mass is 32.1. The lowest BCUT2D eigenvalue weighted by atomic mass is 10.4. The number of oxazole rings is 1. The summed E-state index contributed by atoms with van der Waals surface area (Å²) in [6, 6.07) is 0. The van der Waals surface area contributed by atoms with Gasteiger partial charge in [0.15, 0.2) is 12.1 Å². The van der Waals surface area contributed by atoms with Gasteiger partial charge in [0.05, 0.1) is 0 Å². The number of hydrogen-bond donors (Lipinski definition) is 1. The van der Waals surface area contributed by atoms with Crippen molar-refractivity contribution in [2.75, 3.05) is 25.5 Å². The summed E-state index contributed by atoms with van der Waals surface area (Å²) < 4.78 is 9.12. The maximum atomic E-state index is 11.9. The highest BCUT2D eigenvalue weighted by Gasteiger charge is 2.27. The number of amides is 1. The van der Waals surface area contributed by atoms with E-state index in [0.717, 1.165) is 11.0 Å². The Hall–Kier alpha value is -1.96. The summed E-state index contributed by atoms with van der Waals surface area (Å²) in [4.78, 5) is 21.8. The summed E-state index contributed by atoms with van der Waals surface area (Å²) in [6.07, 6.45) is 5.00. The topological polar surface area (TPSA) is 84.1 Å². The molecule has 1 N–H and O–H groups in total. The van der Waals surface area contributed by atoms with Crippen LogP contribution in [0.4, 0.5) is 5.13 Å². The summed E-state index contributed by atoms with van der Waals surface area (Å²) in [5.41, 5.74) is 0.319. The molecule has 8 heteroatoms. The summed E-state index contributed by atoms with van der Waals surface area (Å²) >= 11 is 1.37. The van der Waals surface area contributed by atoms with Gasteiger partial charge in [-0.15, -0.1) is 0 Å². The molecule has 0 aromatic carbocycles. The van der Waals surface area contributed by atoms with Crippen LogP contribution in [0.15, 0.2) is 17.1 Å². The maximum Gasteiger partial charge on any atom is 0.275 e. The molecule has 1 aliphatic rings. The zero-order valence-electron chi connectivity index (χ0n) is 11.1. The van der Waals surface area contributed by atoms with Crippen LogP contribution in [0, 0.1) is 0 Å². The van der Waals surface area contributed by atoms with E-state index in [1.165, 1.54) is 37.0 Å². The Kier molecular flexibility index (Phi) is 3.64. The first-order valence-electron chi connectivity index (χ1n) is 6.45. The van der Waals surface area contributed by atoms with Crippen molar-refractivity contribution in [2.24, 2.45) is 0 Å². The van der Waals surface area contributed by atoms with E-state index < -0.39 is 0 Å². The second kappa shape index (κ2) is 5.58. The van der Waals surface area contributed by atoms with E-state index in [-0.39, 0.29) is 5.91 Å². The average Bonchev–Trinajstić information content (AvgIpc) is 2.98. The van der Waals surface area contributed by atoms with Gasteiger partial charge in [0.25, 0.3) is 5.91 Å². The summed E-state index contributed by atoms with van der Waals surface area (Å²) in [5, 5.41) is 4.00. The van der Waals surface area contributed by atoms with Crippen LogP contribution >= 0.6 is 11.5 Å². The van der Waals surface area contributed by atoms with E-state index in [2.05, 4.69) is 19.7 Å². The molecule has 0 bridgehead atoms. The second-order valence-corrected chi connectivity index (χ2v) is 5.51. The Morgan fingerprint density at radius 2 is 2.45 bits per heavy atom. The predicted molar refractivity (Wildman–Crippen MR) is 73.8 cm³/mol. The van der Waals surface area contributed by atoms with E-state index in [4.69, 9.17) is 4.42 Å². The minimum Gasteiger partial charge on any atom is -0.451 e. The zero-order chi connectivity index (χ0) is 13.9. The van der Waals surface area contributed by atoms with Gasteiger partial charge in [-0.3, -0.25) is 4.79 Å². The Bertz CT molecular complexity index is 578. The van der Waals surface area contributed by atoms with Crippen LogP contribution in [-0.2, 0) is 0 Å². The standard InChI is InChI=1S/C12H15N5O2S/c1-17(11(18)9-6-19-7-14-9)5-4-13-12-15-10(16-20-12)8-2-3-8/h6-8H,2-5H2,1H3,(H,13,15,16). The van der Waals surface area contributed by atoms with E-state index >= 15 is 0 Å². The van der Waals surface area contributed by atoms with Crippen LogP contribution in [0.25, 0.3) is 0 Å². The van der Waals surface area contributed by atoms with Crippen molar-refractivity contribution < 1.29 is 9.21 Å². The molecule has 20 heavy (non-hydrogen) atoms. The van der Waals surface area contributed by atoms with Crippen LogP contribution in [0.5, 0.6) is 0 Å². The van der Waals surface area contributed by atoms with Crippen LogP contribution < -0.4 is 5.32 Å². The number of aromatic nitrogens is 3. The van der Waals surface area contributed by atoms with Crippen molar-refractivity contribution in [1.82, 2.24) is 19.2 Å². The average molecular weight is 293 g/mol. The molecule has 0 unspecified atom stereocenters. The Morgan fingerprint density at radius 3 is 3.15 bits per heavy atom. The van der Waals surface area contributed by atoms with Gasteiger partial charge in [-0.05, 0) is 12.8 Å². The van der Waals surface area contributed by atoms with Gasteiger partial charge in [0, 0.05) is 37.6 Å². The largest absolute Gasteiger partial charge is 0.451 e. The van der Waals surface area contributed by atoms with E-state index in [1.54, 1.807) is 11.9 Å². The summed E-state index contributed by atoms with van der Waals surface area (Å²) in [6.45, 7) is 1.18. The number of nitrogens with one attached hydrogen (secondary N) is 1. The molecule has 0 atom stereocenters. The third-order valence-corrected chi connectivity index (χ3v) is 3.79. The molecule has 1 saturated carbocycles. The molecule has 0 radical (unpaired) electrons. The Labute approximate surface area is 120 Å². The molecule has 3 rings (SSSR count). The van der Waals surface area contributed by atoms with Crippen molar-refractivity contribution in [3.63, 3.8) is 0 Å². The highest BCUT2D eigenvalue weighted by Crippen LogP contribution is 2.39. The number of likely N-dealkylation sites (N-methyl/N-ethyl adjacent to an activating group) is 1. The van der Waals surface area contributed by atoms with Crippen LogP contribution in [0.3, 0.4) is 0 Å². The van der Waals surface area contributed by atoms with Crippen LogP contribution in [0.1, 0.15) is 35.1 Å². The molecule has 1 aliphatic carbocycles. The van der Waals surface area contributed by atoms with E-state index in [0.29, 0.717) is 24.7 Å². The van der Waals surface area contributed by atoms with Gasteiger partial charge < -0.3 is 14.6 Å². The second-order valence-electron chi connectivity index (χ2n) is 4.76. The first-order chi connectivity index (χ1) is 9.74. The van der Waals surface area contributed by atoms with Crippen molar-refractivity contribution in [2.45, 2.75) is 18.8 Å². The first kappa shape index (κ1) is 13.0. The van der Waals surface area contributed by atoms with E-state index in [1.807, 2.05) is 0 Å². The molecule has 106 valence electrons. The monoisotopic (exact) mass is 293 g/mol. The van der Waals surface area contributed by atoms with Crippen molar-refractivity contribution in [3.8, 4) is 0 Å². The summed E-state index contributed by atoms with van der Waals surface area (Å²) in [7, 11) is 1.73. The zero-order valence-corrected chi connectivity index (χ0v) is 11.9. The number of carbonyl (C=O) groups is 1. The molecular weight excluding hydrogens is 278 g/mol. The fraction of sp³-hybridized carbons (Fsp3) is 0.500. The normalized spacial score (nSPS) is 14.2. The number of carbonyl (C=O) groups excluding carboxylic acids is 1. The molecule has 7 nitrogen and oxygen atoms in total. The highest BCUT2D eigenvalue weighted by molar-refractivity contribution is 7.09. The summed E-state index contributed by atoms with van der Waals surface area (Å²) in [5.74, 6) is 1.36. The smallest absolute Gasteiger partial charge is 0.275 e. The molecule has 0 spiro atoms. The molecular formula is C12H15N5O2S. The Balaban J connectivity index is 1.45. The maximum absolute atomic E-state index is 11.9. The van der Waals surface area contributed by atoms with Crippen molar-refractivity contribution >= 4 is 22.6 Å². The van der Waals surface area contributed by atoms with Gasteiger partial charge in [-0.1, -0.05) is 0 Å². The quantitative estimate of drug-likeness (QED) is 0.870. The first-order valence-corrected chi connectivity index (χ1v) is 7.22. The lowest BCUT2D eigenvalue weighted by Crippen LogP contribution is -2.31. The predicted octanol–water partition coefficient (Wildman–Crippen LogP) is 1.59. The number of anilines is 1. The lowest BCUT2D eigenvalue weighted by molar-refractivity contribution is 0.0794. The minimum absolute atomic E-state index is 0.156. The Morgan fingerprint density at radius 1 is 1.60 bits per heavy atom. The van der Waals surface area contributed by atoms with Gasteiger partial charge in [0.1, 0.15) is 12.1 Å². The minimum atomic E-state index is -0.156. The molecule has 2 heterocycles. The number of hydrogen-bond acceptors (Lipinski definition) is 7. The molecule has 1 fully saturated rings. The molecule has 0 saturated heterocycles. The SMILES string of the molecule is CN(CCNc1nc(C2CC2)ns1)C(=O)c1cocn1. The molecule has 2 aromatic rings. The van der Waals surface area contributed by atoms with Crippen LogP contribution in [-0.4, -0.2) is 45.3 Å². The van der Waals surface area contributed by atoms with Gasteiger partial charge in [-0.25, -0.2) is 9.97 Å². The van der Waals surface area contributed by atoms with Crippen LogP contribution in [0.2, 0.25) is 0 Å². The molecule has 2 aromatic heterocycles. The van der Waals surface area contributed by atoms with Crippen molar-refractivity contribution in [1.29, 1.82) is 0 Å². The van der Waals surface area contributed by atoms with E-state index in [9.17, 15) is 4.79 Å². The molecule has 1 amide bonds. The lowest BCUT2D eigenvalue weighted by Gasteiger charge is -2.15. The molecule has 0 aliphatic heterocycles. The number of rotatable bonds is 6. The fourth-order valence-corrected chi connectivity index (χ4v) is 2.43. The van der Waals surface area contributed by atoms with Gasteiger partial charge in [-0.2, -0.15) is 4.37 Å². The fourth-order valence-electron chi connectivity index (χ4n) is 1.76. The third kappa shape index (κ3) is 2.96. The van der Waals surface area contributed by atoms with Gasteiger partial charge >= 0.3 is 0 Å². The van der Waals surface area contributed by atoms with Gasteiger partial charge in [0.2, 0.25) is 5.13 Å². The van der Waals surface area contributed by atoms with Crippen molar-refractivity contribution in [3.05, 3.63) is 24.2 Å².